The molecule has 2 aromatic rings. The van der Waals surface area contributed by atoms with Gasteiger partial charge in [0.15, 0.2) is 0 Å². The zero-order valence-corrected chi connectivity index (χ0v) is 14.6. The molecular weight excluding hydrogens is 332 g/mol. The number of carbonyl (C=O) groups excluding carboxylic acids is 2. The van der Waals surface area contributed by atoms with Gasteiger partial charge in [0.2, 0.25) is 5.91 Å². The first-order valence-corrected chi connectivity index (χ1v) is 8.60. The minimum Gasteiger partial charge on any atom is -0.350 e. The van der Waals surface area contributed by atoms with Crippen molar-refractivity contribution in [2.75, 3.05) is 0 Å². The number of halogens is 1. The molecule has 0 saturated carbocycles. The minimum absolute atomic E-state index is 0.0230. The maximum atomic E-state index is 12.4. The topological polar surface area (TPSA) is 58.2 Å². The monoisotopic (exact) mass is 350 g/mol. The number of carbonyl (C=O) groups is 2. The molecule has 0 spiro atoms. The highest BCUT2D eigenvalue weighted by molar-refractivity contribution is 7.12. The molecule has 0 aliphatic rings. The van der Waals surface area contributed by atoms with Gasteiger partial charge in [0.1, 0.15) is 6.04 Å². The average Bonchev–Trinajstić information content (AvgIpc) is 3.05. The van der Waals surface area contributed by atoms with Gasteiger partial charge >= 0.3 is 0 Å². The second-order valence-corrected chi connectivity index (χ2v) is 6.84. The number of amides is 2. The van der Waals surface area contributed by atoms with E-state index in [0.717, 1.165) is 5.56 Å². The highest BCUT2D eigenvalue weighted by Gasteiger charge is 2.24. The van der Waals surface area contributed by atoms with Crippen molar-refractivity contribution in [3.05, 3.63) is 57.2 Å². The Balaban J connectivity index is 1.98. The van der Waals surface area contributed by atoms with E-state index in [4.69, 9.17) is 11.6 Å². The van der Waals surface area contributed by atoms with E-state index in [2.05, 4.69) is 10.6 Å². The summed E-state index contributed by atoms with van der Waals surface area (Å²) in [4.78, 5) is 25.2. The lowest BCUT2D eigenvalue weighted by atomic mass is 10.0. The molecule has 2 N–H and O–H groups in total. The zero-order chi connectivity index (χ0) is 16.8. The van der Waals surface area contributed by atoms with Gasteiger partial charge in [-0.05, 0) is 29.0 Å². The molecule has 2 amide bonds. The third kappa shape index (κ3) is 4.81. The van der Waals surface area contributed by atoms with Crippen LogP contribution in [-0.4, -0.2) is 17.9 Å². The Kier molecular flexibility index (Phi) is 6.19. The molecule has 0 aliphatic heterocycles. The van der Waals surface area contributed by atoms with Gasteiger partial charge in [-0.15, -0.1) is 11.3 Å². The van der Waals surface area contributed by atoms with Crippen LogP contribution in [0.1, 0.15) is 29.1 Å². The Morgan fingerprint density at radius 1 is 1.17 bits per heavy atom. The van der Waals surface area contributed by atoms with E-state index in [-0.39, 0.29) is 17.7 Å². The van der Waals surface area contributed by atoms with Gasteiger partial charge in [-0.2, -0.15) is 0 Å². The summed E-state index contributed by atoms with van der Waals surface area (Å²) in [5.74, 6) is -0.471. The molecule has 0 unspecified atom stereocenters. The molecule has 2 rings (SSSR count). The van der Waals surface area contributed by atoms with E-state index in [9.17, 15) is 9.59 Å². The summed E-state index contributed by atoms with van der Waals surface area (Å²) in [6, 6.07) is 10.3. The largest absolute Gasteiger partial charge is 0.350 e. The van der Waals surface area contributed by atoms with Gasteiger partial charge in [-0.3, -0.25) is 9.59 Å². The number of nitrogens with one attached hydrogen (secondary N) is 2. The number of rotatable bonds is 6. The van der Waals surface area contributed by atoms with Crippen LogP contribution in [0, 0.1) is 5.92 Å². The Morgan fingerprint density at radius 2 is 1.91 bits per heavy atom. The van der Waals surface area contributed by atoms with Crippen LogP contribution in [0.15, 0.2) is 41.8 Å². The van der Waals surface area contributed by atoms with Crippen molar-refractivity contribution >= 4 is 34.8 Å². The van der Waals surface area contributed by atoms with E-state index >= 15 is 0 Å². The van der Waals surface area contributed by atoms with Crippen LogP contribution < -0.4 is 10.6 Å². The molecule has 1 heterocycles. The third-order valence-electron chi connectivity index (χ3n) is 3.39. The van der Waals surface area contributed by atoms with Crippen LogP contribution in [0.3, 0.4) is 0 Å². The van der Waals surface area contributed by atoms with Crippen LogP contribution in [-0.2, 0) is 11.3 Å². The second kappa shape index (κ2) is 8.13. The number of hydrogen-bond donors (Lipinski definition) is 2. The lowest BCUT2D eigenvalue weighted by Gasteiger charge is -2.21. The Hall–Kier alpha value is -1.85. The van der Waals surface area contributed by atoms with Crippen molar-refractivity contribution in [2.45, 2.75) is 26.4 Å². The van der Waals surface area contributed by atoms with Crippen molar-refractivity contribution in [3.63, 3.8) is 0 Å². The molecule has 0 aliphatic carbocycles. The first-order valence-electron chi connectivity index (χ1n) is 7.34. The predicted molar refractivity (Wildman–Crippen MR) is 93.7 cm³/mol. The number of benzene rings is 1. The Morgan fingerprint density at radius 3 is 2.52 bits per heavy atom. The van der Waals surface area contributed by atoms with Crippen molar-refractivity contribution in [2.24, 2.45) is 5.92 Å². The molecule has 0 saturated heterocycles. The van der Waals surface area contributed by atoms with Crippen LogP contribution >= 0.6 is 22.9 Å². The van der Waals surface area contributed by atoms with Gasteiger partial charge < -0.3 is 10.6 Å². The van der Waals surface area contributed by atoms with E-state index < -0.39 is 6.04 Å². The molecule has 0 fully saturated rings. The Labute approximate surface area is 144 Å². The molecule has 0 bridgehead atoms. The van der Waals surface area contributed by atoms with E-state index in [1.807, 2.05) is 37.4 Å². The number of hydrogen-bond acceptors (Lipinski definition) is 3. The minimum atomic E-state index is -0.591. The van der Waals surface area contributed by atoms with Crippen LogP contribution in [0.5, 0.6) is 0 Å². The average molecular weight is 351 g/mol. The normalized spacial score (nSPS) is 12.0. The van der Waals surface area contributed by atoms with Crippen LogP contribution in [0.4, 0.5) is 0 Å². The smallest absolute Gasteiger partial charge is 0.262 e. The summed E-state index contributed by atoms with van der Waals surface area (Å²) < 4.78 is 0. The second-order valence-electron chi connectivity index (χ2n) is 5.48. The fourth-order valence-corrected chi connectivity index (χ4v) is 2.92. The van der Waals surface area contributed by atoms with Crippen molar-refractivity contribution in [3.8, 4) is 0 Å². The number of thiophene rings is 1. The summed E-state index contributed by atoms with van der Waals surface area (Å²) >= 11 is 7.43. The lowest BCUT2D eigenvalue weighted by molar-refractivity contribution is -0.124. The van der Waals surface area contributed by atoms with E-state index in [1.54, 1.807) is 18.2 Å². The third-order valence-corrected chi connectivity index (χ3v) is 4.63. The SMILES string of the molecule is CC(C)[C@H](NC(=O)c1cccs1)C(=O)NCc1ccccc1Cl. The van der Waals surface area contributed by atoms with E-state index in [0.29, 0.717) is 16.4 Å². The summed E-state index contributed by atoms with van der Waals surface area (Å²) in [6.45, 7) is 4.12. The highest BCUT2D eigenvalue weighted by atomic mass is 35.5. The van der Waals surface area contributed by atoms with Crippen molar-refractivity contribution in [1.82, 2.24) is 10.6 Å². The molecule has 0 radical (unpaired) electrons. The standard InChI is InChI=1S/C17H19ClN2O2S/c1-11(2)15(20-16(21)14-8-5-9-23-14)17(22)19-10-12-6-3-4-7-13(12)18/h3-9,11,15H,10H2,1-2H3,(H,19,22)(H,20,21)/t15-/m0/s1. The van der Waals surface area contributed by atoms with Crippen LogP contribution in [0.25, 0.3) is 0 Å². The summed E-state index contributed by atoms with van der Waals surface area (Å²) in [5, 5.41) is 8.07. The molecule has 23 heavy (non-hydrogen) atoms. The molecule has 122 valence electrons. The van der Waals surface area contributed by atoms with Gasteiger partial charge in [0, 0.05) is 11.6 Å². The molecule has 4 nitrogen and oxygen atoms in total. The van der Waals surface area contributed by atoms with Gasteiger partial charge in [-0.1, -0.05) is 49.7 Å². The molecule has 1 aromatic carbocycles. The summed E-state index contributed by atoms with van der Waals surface area (Å²) in [7, 11) is 0. The Bertz CT molecular complexity index is 671. The maximum Gasteiger partial charge on any atom is 0.262 e. The van der Waals surface area contributed by atoms with E-state index in [1.165, 1.54) is 11.3 Å². The van der Waals surface area contributed by atoms with Gasteiger partial charge in [-0.25, -0.2) is 0 Å². The highest BCUT2D eigenvalue weighted by Crippen LogP contribution is 2.15. The summed E-state index contributed by atoms with van der Waals surface area (Å²) in [5.41, 5.74) is 0.842. The van der Waals surface area contributed by atoms with Crippen molar-refractivity contribution in [1.29, 1.82) is 0 Å². The first-order chi connectivity index (χ1) is 11.0. The van der Waals surface area contributed by atoms with Crippen LogP contribution in [0.2, 0.25) is 5.02 Å². The molecular formula is C17H19ClN2O2S. The van der Waals surface area contributed by atoms with Gasteiger partial charge in [0.25, 0.3) is 5.91 Å². The lowest BCUT2D eigenvalue weighted by Crippen LogP contribution is -2.49. The molecule has 6 heteroatoms. The molecule has 1 aromatic heterocycles. The van der Waals surface area contributed by atoms with Gasteiger partial charge in [0.05, 0.1) is 4.88 Å². The summed E-state index contributed by atoms with van der Waals surface area (Å²) in [6.07, 6.45) is 0. The zero-order valence-electron chi connectivity index (χ0n) is 13.0. The maximum absolute atomic E-state index is 12.4. The fraction of sp³-hybridized carbons (Fsp3) is 0.294. The molecule has 1 atom stereocenters. The quantitative estimate of drug-likeness (QED) is 0.838. The first kappa shape index (κ1) is 17.5. The predicted octanol–water partition coefficient (Wildman–Crippen LogP) is 3.47. The fourth-order valence-electron chi connectivity index (χ4n) is 2.09. The van der Waals surface area contributed by atoms with Crippen molar-refractivity contribution < 1.29 is 9.59 Å².